The summed E-state index contributed by atoms with van der Waals surface area (Å²) in [6.45, 7) is 2.01. The highest BCUT2D eigenvalue weighted by Crippen LogP contribution is 2.33. The molecule has 0 saturated carbocycles. The predicted molar refractivity (Wildman–Crippen MR) is 108 cm³/mol. The minimum atomic E-state index is -3.74. The van der Waals surface area contributed by atoms with Crippen LogP contribution in [-0.2, 0) is 16.4 Å². The van der Waals surface area contributed by atoms with Gasteiger partial charge in [0.1, 0.15) is 0 Å². The van der Waals surface area contributed by atoms with Crippen molar-refractivity contribution in [1.82, 2.24) is 4.98 Å². The average molecular weight is 393 g/mol. The molecule has 1 unspecified atom stereocenters. The molecule has 0 radical (unpaired) electrons. The molecule has 0 spiro atoms. The van der Waals surface area contributed by atoms with Gasteiger partial charge < -0.3 is 4.90 Å². The minimum Gasteiger partial charge on any atom is -0.305 e. The van der Waals surface area contributed by atoms with Crippen molar-refractivity contribution in [3.63, 3.8) is 0 Å². The van der Waals surface area contributed by atoms with Crippen LogP contribution in [0.2, 0.25) is 0 Å². The molecule has 0 saturated heterocycles. The maximum Gasteiger partial charge on any atom is 0.261 e. The van der Waals surface area contributed by atoms with Gasteiger partial charge in [0.25, 0.3) is 15.9 Å². The van der Waals surface area contributed by atoms with E-state index in [0.29, 0.717) is 11.3 Å². The van der Waals surface area contributed by atoms with Gasteiger partial charge in [-0.1, -0.05) is 18.2 Å². The SMILES string of the molecule is CC1Cc2ccccc2N1C(=O)c1ccc(S(=O)(=O)Nc2ccncc2)cc1. The Labute approximate surface area is 163 Å². The summed E-state index contributed by atoms with van der Waals surface area (Å²) in [5, 5.41) is 0. The molecular weight excluding hydrogens is 374 g/mol. The lowest BCUT2D eigenvalue weighted by molar-refractivity contribution is 0.0981. The van der Waals surface area contributed by atoms with Gasteiger partial charge in [-0.3, -0.25) is 14.5 Å². The Morgan fingerprint density at radius 3 is 2.43 bits per heavy atom. The third-order valence-corrected chi connectivity index (χ3v) is 6.17. The van der Waals surface area contributed by atoms with Crippen molar-refractivity contribution in [3.05, 3.63) is 84.2 Å². The number of aromatic nitrogens is 1. The second-order valence-corrected chi connectivity index (χ2v) is 8.41. The van der Waals surface area contributed by atoms with Crippen molar-refractivity contribution in [2.45, 2.75) is 24.3 Å². The molecule has 1 atom stereocenters. The first-order valence-electron chi connectivity index (χ1n) is 8.90. The number of amides is 1. The van der Waals surface area contributed by atoms with E-state index in [1.165, 1.54) is 24.5 Å². The van der Waals surface area contributed by atoms with Gasteiger partial charge in [0.15, 0.2) is 0 Å². The number of pyridine rings is 1. The quantitative estimate of drug-likeness (QED) is 0.736. The fourth-order valence-corrected chi connectivity index (χ4v) is 4.48. The van der Waals surface area contributed by atoms with Crippen molar-refractivity contribution < 1.29 is 13.2 Å². The van der Waals surface area contributed by atoms with E-state index in [-0.39, 0.29) is 16.8 Å². The highest BCUT2D eigenvalue weighted by atomic mass is 32.2. The molecule has 3 aromatic rings. The van der Waals surface area contributed by atoms with Crippen molar-refractivity contribution in [2.75, 3.05) is 9.62 Å². The molecule has 4 rings (SSSR count). The topological polar surface area (TPSA) is 79.4 Å². The summed E-state index contributed by atoms with van der Waals surface area (Å²) < 4.78 is 27.6. The molecule has 28 heavy (non-hydrogen) atoms. The number of nitrogens with zero attached hydrogens (tertiary/aromatic N) is 2. The van der Waals surface area contributed by atoms with Gasteiger partial charge in [-0.15, -0.1) is 0 Å². The summed E-state index contributed by atoms with van der Waals surface area (Å²) in [7, 11) is -3.74. The zero-order valence-corrected chi connectivity index (χ0v) is 16.1. The molecular formula is C21H19N3O3S. The van der Waals surface area contributed by atoms with Crippen LogP contribution in [0.3, 0.4) is 0 Å². The van der Waals surface area contributed by atoms with Crippen molar-refractivity contribution in [2.24, 2.45) is 0 Å². The maximum absolute atomic E-state index is 13.0. The number of nitrogens with one attached hydrogen (secondary N) is 1. The van der Waals surface area contributed by atoms with E-state index >= 15 is 0 Å². The fourth-order valence-electron chi connectivity index (χ4n) is 3.42. The van der Waals surface area contributed by atoms with Crippen LogP contribution in [-0.4, -0.2) is 25.4 Å². The van der Waals surface area contributed by atoms with E-state index in [1.54, 1.807) is 29.2 Å². The Hall–Kier alpha value is -3.19. The van der Waals surface area contributed by atoms with Crippen LogP contribution in [0.5, 0.6) is 0 Å². The van der Waals surface area contributed by atoms with Crippen LogP contribution in [0, 0.1) is 0 Å². The first-order valence-corrected chi connectivity index (χ1v) is 10.4. The summed E-state index contributed by atoms with van der Waals surface area (Å²) >= 11 is 0. The molecule has 1 N–H and O–H groups in total. The molecule has 2 heterocycles. The largest absolute Gasteiger partial charge is 0.305 e. The number of hydrogen-bond donors (Lipinski definition) is 1. The molecule has 1 amide bonds. The summed E-state index contributed by atoms with van der Waals surface area (Å²) in [6, 6.07) is 17.0. The lowest BCUT2D eigenvalue weighted by atomic mass is 10.1. The molecule has 142 valence electrons. The average Bonchev–Trinajstić information content (AvgIpc) is 3.03. The lowest BCUT2D eigenvalue weighted by Crippen LogP contribution is -2.35. The van der Waals surface area contributed by atoms with Crippen LogP contribution < -0.4 is 9.62 Å². The first kappa shape index (κ1) is 18.2. The molecule has 0 fully saturated rings. The summed E-state index contributed by atoms with van der Waals surface area (Å²) in [5.41, 5.74) is 2.93. The number of fused-ring (bicyclic) bond motifs is 1. The van der Waals surface area contributed by atoms with Crippen molar-refractivity contribution >= 4 is 27.3 Å². The number of benzene rings is 2. The number of para-hydroxylation sites is 1. The number of rotatable bonds is 4. The van der Waals surface area contributed by atoms with Gasteiger partial charge in [0.2, 0.25) is 0 Å². The molecule has 0 bridgehead atoms. The van der Waals surface area contributed by atoms with Crippen molar-refractivity contribution in [3.8, 4) is 0 Å². The van der Waals surface area contributed by atoms with Gasteiger partial charge in [-0.2, -0.15) is 0 Å². The minimum absolute atomic E-state index is 0.0571. The predicted octanol–water partition coefficient (Wildman–Crippen LogP) is 3.47. The fraction of sp³-hybridized carbons (Fsp3) is 0.143. The van der Waals surface area contributed by atoms with Crippen LogP contribution >= 0.6 is 0 Å². The molecule has 1 aliphatic heterocycles. The van der Waals surface area contributed by atoms with Crippen LogP contribution in [0.4, 0.5) is 11.4 Å². The number of carbonyl (C=O) groups is 1. The van der Waals surface area contributed by atoms with E-state index in [2.05, 4.69) is 9.71 Å². The highest BCUT2D eigenvalue weighted by Gasteiger charge is 2.31. The Balaban J connectivity index is 1.57. The van der Waals surface area contributed by atoms with Crippen LogP contribution in [0.1, 0.15) is 22.8 Å². The van der Waals surface area contributed by atoms with Crippen LogP contribution in [0.25, 0.3) is 0 Å². The second-order valence-electron chi connectivity index (χ2n) is 6.72. The second kappa shape index (κ2) is 7.09. The van der Waals surface area contributed by atoms with E-state index in [0.717, 1.165) is 17.7 Å². The van der Waals surface area contributed by atoms with Gasteiger partial charge in [0.05, 0.1) is 10.6 Å². The standard InChI is InChI=1S/C21H19N3O3S/c1-15-14-17-4-2-3-5-20(17)24(15)21(25)16-6-8-19(9-7-16)28(26,27)23-18-10-12-22-13-11-18/h2-13,15H,14H2,1H3,(H,22,23). The van der Waals surface area contributed by atoms with E-state index in [4.69, 9.17) is 0 Å². The third-order valence-electron chi connectivity index (χ3n) is 4.77. The maximum atomic E-state index is 13.0. The number of hydrogen-bond acceptors (Lipinski definition) is 4. The summed E-state index contributed by atoms with van der Waals surface area (Å²) in [5.74, 6) is -0.136. The third kappa shape index (κ3) is 3.36. The van der Waals surface area contributed by atoms with Gasteiger partial charge in [-0.05, 0) is 61.4 Å². The Morgan fingerprint density at radius 1 is 1.04 bits per heavy atom. The van der Waals surface area contributed by atoms with Gasteiger partial charge >= 0.3 is 0 Å². The van der Waals surface area contributed by atoms with Crippen molar-refractivity contribution in [1.29, 1.82) is 0 Å². The van der Waals surface area contributed by atoms with E-state index in [9.17, 15) is 13.2 Å². The first-order chi connectivity index (χ1) is 13.5. The molecule has 7 heteroatoms. The normalized spacial score (nSPS) is 15.9. The zero-order valence-electron chi connectivity index (χ0n) is 15.2. The number of anilines is 2. The smallest absolute Gasteiger partial charge is 0.261 e. The molecule has 1 aromatic heterocycles. The Kier molecular flexibility index (Phi) is 4.60. The van der Waals surface area contributed by atoms with E-state index in [1.807, 2.05) is 31.2 Å². The zero-order chi connectivity index (χ0) is 19.7. The molecule has 2 aromatic carbocycles. The van der Waals surface area contributed by atoms with Crippen LogP contribution in [0.15, 0.2) is 78.0 Å². The Bertz CT molecular complexity index is 1110. The number of sulfonamides is 1. The van der Waals surface area contributed by atoms with Gasteiger partial charge in [0, 0.05) is 29.7 Å². The Morgan fingerprint density at radius 2 is 1.71 bits per heavy atom. The monoisotopic (exact) mass is 393 g/mol. The summed E-state index contributed by atoms with van der Waals surface area (Å²) in [6.07, 6.45) is 3.83. The summed E-state index contributed by atoms with van der Waals surface area (Å²) in [4.78, 5) is 18.8. The lowest BCUT2D eigenvalue weighted by Gasteiger charge is -2.23. The highest BCUT2D eigenvalue weighted by molar-refractivity contribution is 7.92. The van der Waals surface area contributed by atoms with E-state index < -0.39 is 10.0 Å². The molecule has 6 nitrogen and oxygen atoms in total. The molecule has 0 aliphatic carbocycles. The number of carbonyl (C=O) groups excluding carboxylic acids is 1. The van der Waals surface area contributed by atoms with Gasteiger partial charge in [-0.25, -0.2) is 8.42 Å². The molecule has 1 aliphatic rings.